The van der Waals surface area contributed by atoms with Crippen molar-refractivity contribution in [1.82, 2.24) is 9.22 Å². The second kappa shape index (κ2) is 3.07. The molecule has 0 fully saturated rings. The zero-order valence-electron chi connectivity index (χ0n) is 8.66. The lowest BCUT2D eigenvalue weighted by Gasteiger charge is -2.18. The van der Waals surface area contributed by atoms with Crippen molar-refractivity contribution in [2.45, 2.75) is 19.6 Å². The average Bonchev–Trinajstić information content (AvgIpc) is 2.38. The molecule has 14 heavy (non-hydrogen) atoms. The predicted octanol–water partition coefficient (Wildman–Crippen LogP) is 3.38. The summed E-state index contributed by atoms with van der Waals surface area (Å²) in [6, 6.07) is 8.28. The Bertz CT molecular complexity index is 519. The zero-order chi connectivity index (χ0) is 10.3. The number of aromatic amines is 1. The van der Waals surface area contributed by atoms with E-state index in [0.29, 0.717) is 0 Å². The van der Waals surface area contributed by atoms with E-state index >= 15 is 0 Å². The highest BCUT2D eigenvalue weighted by molar-refractivity contribution is 7.71. The van der Waals surface area contributed by atoms with E-state index in [4.69, 9.17) is 12.2 Å². The van der Waals surface area contributed by atoms with Crippen LogP contribution in [-0.4, -0.2) is 17.5 Å². The number of benzene rings is 1. The van der Waals surface area contributed by atoms with Gasteiger partial charge in [-0.2, -0.15) is 0 Å². The molecule has 0 aliphatic heterocycles. The van der Waals surface area contributed by atoms with Gasteiger partial charge < -0.3 is 9.22 Å². The minimum absolute atomic E-state index is 0.852. The van der Waals surface area contributed by atoms with Crippen molar-refractivity contribution >= 4 is 31.5 Å². The molecule has 2 rings (SSSR count). The average molecular weight is 222 g/mol. The summed E-state index contributed by atoms with van der Waals surface area (Å²) in [5, 5.41) is 0. The Hall–Kier alpha value is -0.873. The zero-order valence-corrected chi connectivity index (χ0v) is 10.5. The van der Waals surface area contributed by atoms with Crippen molar-refractivity contribution in [2.24, 2.45) is 0 Å². The maximum absolute atomic E-state index is 5.34. The molecule has 0 atom stereocenters. The molecular formula is C10H14N2SSi. The van der Waals surface area contributed by atoms with E-state index in [0.717, 1.165) is 10.3 Å². The Morgan fingerprint density at radius 1 is 1.21 bits per heavy atom. The normalized spacial score (nSPS) is 12.2. The Balaban J connectivity index is 2.88. The third-order valence-electron chi connectivity index (χ3n) is 2.26. The Labute approximate surface area is 89.7 Å². The third kappa shape index (κ3) is 1.44. The van der Waals surface area contributed by atoms with Gasteiger partial charge in [0.25, 0.3) is 0 Å². The molecule has 1 aromatic heterocycles. The van der Waals surface area contributed by atoms with Crippen LogP contribution in [0.5, 0.6) is 0 Å². The van der Waals surface area contributed by atoms with Crippen LogP contribution in [0.4, 0.5) is 0 Å². The molecular weight excluding hydrogens is 208 g/mol. The Morgan fingerprint density at radius 3 is 2.50 bits per heavy atom. The molecule has 0 bridgehead atoms. The number of fused-ring (bicyclic) bond motifs is 1. The summed E-state index contributed by atoms with van der Waals surface area (Å²) in [4.78, 5) is 3.25. The van der Waals surface area contributed by atoms with Gasteiger partial charge in [-0.1, -0.05) is 31.8 Å². The van der Waals surface area contributed by atoms with Gasteiger partial charge in [-0.25, -0.2) is 0 Å². The number of imidazole rings is 1. The van der Waals surface area contributed by atoms with Crippen LogP contribution in [0.3, 0.4) is 0 Å². The van der Waals surface area contributed by atoms with Gasteiger partial charge in [0.1, 0.15) is 0 Å². The molecule has 2 nitrogen and oxygen atoms in total. The van der Waals surface area contributed by atoms with Gasteiger partial charge in [0.05, 0.1) is 11.0 Å². The molecule has 0 unspecified atom stereocenters. The summed E-state index contributed by atoms with van der Waals surface area (Å²) in [6.07, 6.45) is 0. The molecule has 0 spiro atoms. The molecule has 0 radical (unpaired) electrons. The van der Waals surface area contributed by atoms with Crippen LogP contribution in [-0.2, 0) is 0 Å². The first-order chi connectivity index (χ1) is 6.50. The summed E-state index contributed by atoms with van der Waals surface area (Å²) in [7, 11) is -1.41. The molecule has 4 heteroatoms. The number of aromatic nitrogens is 2. The van der Waals surface area contributed by atoms with Crippen LogP contribution in [0, 0.1) is 4.77 Å². The number of rotatable bonds is 1. The quantitative estimate of drug-likeness (QED) is 0.579. The van der Waals surface area contributed by atoms with Crippen LogP contribution < -0.4 is 0 Å². The topological polar surface area (TPSA) is 20.7 Å². The molecule has 0 amide bonds. The van der Waals surface area contributed by atoms with Crippen molar-refractivity contribution in [3.05, 3.63) is 29.0 Å². The van der Waals surface area contributed by atoms with E-state index in [9.17, 15) is 0 Å². The van der Waals surface area contributed by atoms with Gasteiger partial charge in [0.2, 0.25) is 0 Å². The van der Waals surface area contributed by atoms with Crippen molar-refractivity contribution in [2.75, 3.05) is 0 Å². The number of nitrogens with zero attached hydrogens (tertiary/aromatic N) is 1. The molecule has 0 saturated heterocycles. The lowest BCUT2D eigenvalue weighted by atomic mass is 10.3. The fraction of sp³-hybridized carbons (Fsp3) is 0.300. The van der Waals surface area contributed by atoms with Gasteiger partial charge in [0.15, 0.2) is 13.0 Å². The van der Waals surface area contributed by atoms with Gasteiger partial charge in [0, 0.05) is 0 Å². The van der Waals surface area contributed by atoms with Crippen molar-refractivity contribution < 1.29 is 0 Å². The monoisotopic (exact) mass is 222 g/mol. The Morgan fingerprint density at radius 2 is 1.86 bits per heavy atom. The maximum atomic E-state index is 5.34. The van der Waals surface area contributed by atoms with E-state index in [-0.39, 0.29) is 0 Å². The summed E-state index contributed by atoms with van der Waals surface area (Å²) >= 11 is 5.34. The molecule has 1 N–H and O–H groups in total. The van der Waals surface area contributed by atoms with Crippen molar-refractivity contribution in [3.63, 3.8) is 0 Å². The van der Waals surface area contributed by atoms with E-state index in [2.05, 4.69) is 47.1 Å². The summed E-state index contributed by atoms with van der Waals surface area (Å²) in [5.74, 6) is 0. The minimum atomic E-state index is -1.41. The number of nitrogens with one attached hydrogen (secondary N) is 1. The molecule has 1 heterocycles. The number of para-hydroxylation sites is 2. The van der Waals surface area contributed by atoms with Gasteiger partial charge in [-0.05, 0) is 24.4 Å². The summed E-state index contributed by atoms with van der Waals surface area (Å²) < 4.78 is 3.14. The van der Waals surface area contributed by atoms with Crippen LogP contribution in [0.15, 0.2) is 24.3 Å². The van der Waals surface area contributed by atoms with Crippen molar-refractivity contribution in [1.29, 1.82) is 0 Å². The smallest absolute Gasteiger partial charge is 0.169 e. The summed E-state index contributed by atoms with van der Waals surface area (Å²) in [5.41, 5.74) is 2.37. The first-order valence-electron chi connectivity index (χ1n) is 4.70. The molecule has 0 saturated carbocycles. The predicted molar refractivity (Wildman–Crippen MR) is 65.9 cm³/mol. The first-order valence-corrected chi connectivity index (χ1v) is 8.56. The molecule has 0 aliphatic carbocycles. The maximum Gasteiger partial charge on any atom is 0.169 e. The second-order valence-corrected chi connectivity index (χ2v) is 9.63. The summed E-state index contributed by atoms with van der Waals surface area (Å²) in [6.45, 7) is 6.88. The van der Waals surface area contributed by atoms with E-state index < -0.39 is 8.24 Å². The van der Waals surface area contributed by atoms with Crippen LogP contribution in [0.2, 0.25) is 19.6 Å². The van der Waals surface area contributed by atoms with Crippen LogP contribution in [0.1, 0.15) is 0 Å². The minimum Gasteiger partial charge on any atom is -0.345 e. The standard InChI is InChI=1S/C10H14N2SSi/c1-14(2,3)12-9-7-5-4-6-8(9)11-10(12)13/h4-7H,1-3H3,(H,11,13). The van der Waals surface area contributed by atoms with Crippen LogP contribution in [0.25, 0.3) is 11.0 Å². The van der Waals surface area contributed by atoms with Gasteiger partial charge >= 0.3 is 0 Å². The lowest BCUT2D eigenvalue weighted by molar-refractivity contribution is 1.13. The molecule has 0 aliphatic rings. The third-order valence-corrected chi connectivity index (χ3v) is 4.51. The highest BCUT2D eigenvalue weighted by atomic mass is 32.1. The van der Waals surface area contributed by atoms with Gasteiger partial charge in [-0.3, -0.25) is 0 Å². The largest absolute Gasteiger partial charge is 0.345 e. The molecule has 1 aromatic carbocycles. The molecule has 74 valence electrons. The van der Waals surface area contributed by atoms with E-state index in [1.807, 2.05) is 6.07 Å². The van der Waals surface area contributed by atoms with E-state index in [1.165, 1.54) is 5.52 Å². The fourth-order valence-corrected chi connectivity index (χ4v) is 4.33. The fourth-order valence-electron chi connectivity index (χ4n) is 1.72. The lowest BCUT2D eigenvalue weighted by Crippen LogP contribution is -2.31. The Kier molecular flexibility index (Phi) is 2.12. The van der Waals surface area contributed by atoms with Crippen molar-refractivity contribution in [3.8, 4) is 0 Å². The SMILES string of the molecule is C[Si](C)(C)n1c(=S)[nH]c2ccccc21. The van der Waals surface area contributed by atoms with E-state index in [1.54, 1.807) is 0 Å². The van der Waals surface area contributed by atoms with Gasteiger partial charge in [-0.15, -0.1) is 0 Å². The number of hydrogen-bond acceptors (Lipinski definition) is 1. The number of hydrogen-bond donors (Lipinski definition) is 1. The molecule has 2 aromatic rings. The second-order valence-electron chi connectivity index (χ2n) is 4.45. The highest BCUT2D eigenvalue weighted by Crippen LogP contribution is 2.18. The highest BCUT2D eigenvalue weighted by Gasteiger charge is 2.19. The number of H-pyrrole nitrogens is 1. The first kappa shape index (κ1) is 9.67. The van der Waals surface area contributed by atoms with Crippen LogP contribution >= 0.6 is 12.2 Å².